The lowest BCUT2D eigenvalue weighted by Gasteiger charge is -2.19. The minimum Gasteiger partial charge on any atom is -0.313 e. The Bertz CT molecular complexity index is 590. The van der Waals surface area contributed by atoms with Crippen molar-refractivity contribution in [1.82, 2.24) is 5.32 Å². The Labute approximate surface area is 124 Å². The maximum absolute atomic E-state index is 13.1. The summed E-state index contributed by atoms with van der Waals surface area (Å²) in [5, 5.41) is 3.79. The monoisotopic (exact) mass is 291 g/mol. The van der Waals surface area contributed by atoms with Crippen LogP contribution in [0.15, 0.2) is 36.4 Å². The van der Waals surface area contributed by atoms with Crippen LogP contribution < -0.4 is 5.32 Å². The van der Waals surface area contributed by atoms with Gasteiger partial charge in [0, 0.05) is 11.1 Å². The molecule has 0 amide bonds. The van der Waals surface area contributed by atoms with Crippen LogP contribution in [0.25, 0.3) is 0 Å². The number of benzene rings is 2. The fourth-order valence-corrected chi connectivity index (χ4v) is 2.75. The summed E-state index contributed by atoms with van der Waals surface area (Å²) in [7, 11) is 1.93. The van der Waals surface area contributed by atoms with Crippen molar-refractivity contribution < 1.29 is 4.39 Å². The van der Waals surface area contributed by atoms with E-state index in [9.17, 15) is 4.39 Å². The van der Waals surface area contributed by atoms with Gasteiger partial charge in [0.05, 0.1) is 0 Å². The van der Waals surface area contributed by atoms with Crippen LogP contribution in [0.2, 0.25) is 5.02 Å². The van der Waals surface area contributed by atoms with E-state index in [0.29, 0.717) is 5.02 Å². The van der Waals surface area contributed by atoms with E-state index in [0.717, 1.165) is 12.0 Å². The van der Waals surface area contributed by atoms with Gasteiger partial charge in [-0.2, -0.15) is 0 Å². The van der Waals surface area contributed by atoms with Gasteiger partial charge in [-0.1, -0.05) is 47.0 Å². The van der Waals surface area contributed by atoms with Crippen LogP contribution in [-0.4, -0.2) is 7.05 Å². The maximum Gasteiger partial charge on any atom is 0.124 e. The smallest absolute Gasteiger partial charge is 0.124 e. The third-order valence-electron chi connectivity index (χ3n) is 3.43. The molecule has 20 heavy (non-hydrogen) atoms. The van der Waals surface area contributed by atoms with Crippen molar-refractivity contribution in [3.8, 4) is 0 Å². The van der Waals surface area contributed by atoms with Crippen LogP contribution in [0.4, 0.5) is 4.39 Å². The van der Waals surface area contributed by atoms with Gasteiger partial charge >= 0.3 is 0 Å². The van der Waals surface area contributed by atoms with Crippen molar-refractivity contribution in [3.05, 3.63) is 69.5 Å². The second kappa shape index (κ2) is 6.38. The highest BCUT2D eigenvalue weighted by Crippen LogP contribution is 2.25. The van der Waals surface area contributed by atoms with Crippen molar-refractivity contribution in [2.24, 2.45) is 0 Å². The molecule has 106 valence electrons. The van der Waals surface area contributed by atoms with Gasteiger partial charge in [0.1, 0.15) is 5.82 Å². The first-order valence-corrected chi connectivity index (χ1v) is 7.07. The lowest BCUT2D eigenvalue weighted by Crippen LogP contribution is -2.19. The molecule has 1 atom stereocenters. The molecule has 0 heterocycles. The van der Waals surface area contributed by atoms with E-state index in [1.54, 1.807) is 6.07 Å². The molecule has 1 nitrogen and oxygen atoms in total. The predicted molar refractivity (Wildman–Crippen MR) is 82.8 cm³/mol. The van der Waals surface area contributed by atoms with Gasteiger partial charge < -0.3 is 5.32 Å². The molecule has 0 aliphatic rings. The first kappa shape index (κ1) is 15.0. The van der Waals surface area contributed by atoms with Gasteiger partial charge in [-0.05, 0) is 50.6 Å². The average molecular weight is 292 g/mol. The highest BCUT2D eigenvalue weighted by atomic mass is 35.5. The van der Waals surface area contributed by atoms with Crippen molar-refractivity contribution in [2.75, 3.05) is 7.05 Å². The van der Waals surface area contributed by atoms with Crippen LogP contribution in [0, 0.1) is 19.7 Å². The first-order valence-electron chi connectivity index (χ1n) is 6.69. The SMILES string of the molecule is CNC(Cc1ccc(F)cc1Cl)c1cc(C)cc(C)c1. The summed E-state index contributed by atoms with van der Waals surface area (Å²) in [5.74, 6) is -0.300. The fraction of sp³-hybridized carbons (Fsp3) is 0.294. The summed E-state index contributed by atoms with van der Waals surface area (Å²) in [6.45, 7) is 4.18. The molecular weight excluding hydrogens is 273 g/mol. The molecule has 3 heteroatoms. The molecule has 2 rings (SSSR count). The first-order chi connectivity index (χ1) is 9.49. The molecule has 0 saturated heterocycles. The molecule has 2 aromatic carbocycles. The quantitative estimate of drug-likeness (QED) is 0.868. The number of halogens is 2. The van der Waals surface area contributed by atoms with E-state index in [1.807, 2.05) is 7.05 Å². The van der Waals surface area contributed by atoms with Crippen molar-refractivity contribution in [1.29, 1.82) is 0 Å². The molecule has 0 spiro atoms. The van der Waals surface area contributed by atoms with E-state index in [-0.39, 0.29) is 11.9 Å². The zero-order valence-electron chi connectivity index (χ0n) is 12.0. The second-order valence-electron chi connectivity index (χ2n) is 5.20. The number of hydrogen-bond acceptors (Lipinski definition) is 1. The van der Waals surface area contributed by atoms with Gasteiger partial charge in [-0.3, -0.25) is 0 Å². The minimum atomic E-state index is -0.300. The van der Waals surface area contributed by atoms with Crippen LogP contribution in [0.1, 0.15) is 28.3 Å². The molecule has 0 bridgehead atoms. The fourth-order valence-electron chi connectivity index (χ4n) is 2.50. The third kappa shape index (κ3) is 3.59. The zero-order valence-corrected chi connectivity index (χ0v) is 12.8. The van der Waals surface area contributed by atoms with Gasteiger partial charge in [0.15, 0.2) is 0 Å². The summed E-state index contributed by atoms with van der Waals surface area (Å²) in [4.78, 5) is 0. The molecule has 0 aliphatic heterocycles. The number of rotatable bonds is 4. The second-order valence-corrected chi connectivity index (χ2v) is 5.61. The molecule has 0 fully saturated rings. The van der Waals surface area contributed by atoms with Gasteiger partial charge in [0.2, 0.25) is 0 Å². The number of hydrogen-bond donors (Lipinski definition) is 1. The molecular formula is C17H19ClFN. The van der Waals surface area contributed by atoms with E-state index in [4.69, 9.17) is 11.6 Å². The summed E-state index contributed by atoms with van der Waals surface area (Å²) in [6, 6.07) is 11.2. The summed E-state index contributed by atoms with van der Waals surface area (Å²) < 4.78 is 13.1. The van der Waals surface area contributed by atoms with Crippen LogP contribution >= 0.6 is 11.6 Å². The molecule has 2 aromatic rings. The third-order valence-corrected chi connectivity index (χ3v) is 3.79. The zero-order chi connectivity index (χ0) is 14.7. The lowest BCUT2D eigenvalue weighted by atomic mass is 9.96. The highest BCUT2D eigenvalue weighted by Gasteiger charge is 2.13. The minimum absolute atomic E-state index is 0.163. The molecule has 0 saturated carbocycles. The Kier molecular flexibility index (Phi) is 4.79. The van der Waals surface area contributed by atoms with E-state index >= 15 is 0 Å². The summed E-state index contributed by atoms with van der Waals surface area (Å²) >= 11 is 6.11. The Balaban J connectivity index is 2.28. The van der Waals surface area contributed by atoms with E-state index in [2.05, 4.69) is 37.4 Å². The Morgan fingerprint density at radius 2 is 1.75 bits per heavy atom. The lowest BCUT2D eigenvalue weighted by molar-refractivity contribution is 0.588. The molecule has 0 aliphatic carbocycles. The Morgan fingerprint density at radius 3 is 2.30 bits per heavy atom. The molecule has 0 radical (unpaired) electrons. The van der Waals surface area contributed by atoms with E-state index in [1.165, 1.54) is 28.8 Å². The molecule has 1 unspecified atom stereocenters. The Hall–Kier alpha value is -1.38. The van der Waals surface area contributed by atoms with Crippen molar-refractivity contribution in [2.45, 2.75) is 26.3 Å². The largest absolute Gasteiger partial charge is 0.313 e. The highest BCUT2D eigenvalue weighted by molar-refractivity contribution is 6.31. The summed E-state index contributed by atoms with van der Waals surface area (Å²) in [6.07, 6.45) is 0.735. The normalized spacial score (nSPS) is 12.4. The topological polar surface area (TPSA) is 12.0 Å². The molecule has 0 aromatic heterocycles. The van der Waals surface area contributed by atoms with Crippen LogP contribution in [0.3, 0.4) is 0 Å². The predicted octanol–water partition coefficient (Wildman–Crippen LogP) is 4.60. The van der Waals surface area contributed by atoms with Gasteiger partial charge in [-0.15, -0.1) is 0 Å². The number of aryl methyl sites for hydroxylation is 2. The van der Waals surface area contributed by atoms with Crippen LogP contribution in [0.5, 0.6) is 0 Å². The number of nitrogens with one attached hydrogen (secondary N) is 1. The van der Waals surface area contributed by atoms with E-state index < -0.39 is 0 Å². The average Bonchev–Trinajstić information content (AvgIpc) is 2.36. The summed E-state index contributed by atoms with van der Waals surface area (Å²) in [5.41, 5.74) is 4.66. The Morgan fingerprint density at radius 1 is 1.10 bits per heavy atom. The van der Waals surface area contributed by atoms with Gasteiger partial charge in [0.25, 0.3) is 0 Å². The van der Waals surface area contributed by atoms with Gasteiger partial charge in [-0.25, -0.2) is 4.39 Å². The maximum atomic E-state index is 13.1. The molecule has 1 N–H and O–H groups in total. The standard InChI is InChI=1S/C17H19ClFN/c1-11-6-12(2)8-14(7-11)17(20-3)9-13-4-5-15(19)10-16(13)18/h4-8,10,17,20H,9H2,1-3H3. The van der Waals surface area contributed by atoms with Crippen LogP contribution in [-0.2, 0) is 6.42 Å². The van der Waals surface area contributed by atoms with Crippen molar-refractivity contribution >= 4 is 11.6 Å². The number of likely N-dealkylation sites (N-methyl/N-ethyl adjacent to an activating group) is 1. The van der Waals surface area contributed by atoms with Crippen molar-refractivity contribution in [3.63, 3.8) is 0 Å².